The summed E-state index contributed by atoms with van der Waals surface area (Å²) in [6.45, 7) is 2.34. The van der Waals surface area contributed by atoms with E-state index in [1.54, 1.807) is 18.2 Å². The highest BCUT2D eigenvalue weighted by Crippen LogP contribution is 2.38. The van der Waals surface area contributed by atoms with Gasteiger partial charge < -0.3 is 14.2 Å². The molecule has 0 N–H and O–H groups in total. The van der Waals surface area contributed by atoms with Gasteiger partial charge in [-0.1, -0.05) is 35.9 Å². The monoisotopic (exact) mass is 407 g/mol. The highest BCUT2D eigenvalue weighted by atomic mass is 16.5. The molecule has 156 valence electrons. The van der Waals surface area contributed by atoms with Gasteiger partial charge in [-0.15, -0.1) is 0 Å². The second-order valence-electron chi connectivity index (χ2n) is 6.86. The van der Waals surface area contributed by atoms with E-state index in [1.165, 1.54) is 32.3 Å². The van der Waals surface area contributed by atoms with Gasteiger partial charge in [-0.05, 0) is 42.7 Å². The first-order chi connectivity index (χ1) is 14.5. The lowest BCUT2D eigenvalue weighted by Crippen LogP contribution is -2.39. The van der Waals surface area contributed by atoms with Crippen molar-refractivity contribution in [1.82, 2.24) is 4.90 Å². The van der Waals surface area contributed by atoms with Crippen molar-refractivity contribution in [2.24, 2.45) is 0 Å². The van der Waals surface area contributed by atoms with Crippen LogP contribution in [0.25, 0.3) is 11.6 Å². The number of methoxy groups -OCH3 is 3. The molecule has 2 amide bonds. The van der Waals surface area contributed by atoms with Gasteiger partial charge in [-0.25, -0.2) is 0 Å². The van der Waals surface area contributed by atoms with E-state index in [1.807, 2.05) is 37.3 Å². The van der Waals surface area contributed by atoms with Crippen LogP contribution in [0, 0.1) is 6.92 Å². The predicted molar refractivity (Wildman–Crippen MR) is 116 cm³/mol. The Bertz CT molecular complexity index is 980. The Kier molecular flexibility index (Phi) is 6.57. The van der Waals surface area contributed by atoms with Crippen molar-refractivity contribution in [3.05, 3.63) is 65.2 Å². The molecule has 2 aromatic carbocycles. The van der Waals surface area contributed by atoms with Crippen molar-refractivity contribution in [2.75, 3.05) is 27.9 Å². The van der Waals surface area contributed by atoms with Crippen molar-refractivity contribution < 1.29 is 23.8 Å². The van der Waals surface area contributed by atoms with Crippen molar-refractivity contribution >= 4 is 23.5 Å². The number of hydrogen-bond acceptors (Lipinski definition) is 5. The standard InChI is InChI=1S/C24H25NO5/c1-16-7-10-18(11-8-16)19-6-5-13-25(24(19)27)22(26)12-9-17-14-20(28-2)23(30-4)21(15-17)29-3/h6-12,14-15H,5,13H2,1-4H3/b12-9+. The fraction of sp³-hybridized carbons (Fsp3) is 0.250. The Morgan fingerprint density at radius 1 is 1.00 bits per heavy atom. The number of benzene rings is 2. The molecule has 0 unspecified atom stereocenters. The van der Waals surface area contributed by atoms with Crippen LogP contribution in [-0.2, 0) is 9.59 Å². The van der Waals surface area contributed by atoms with Crippen LogP contribution < -0.4 is 14.2 Å². The third kappa shape index (κ3) is 4.38. The Labute approximate surface area is 176 Å². The molecule has 0 spiro atoms. The highest BCUT2D eigenvalue weighted by Gasteiger charge is 2.26. The van der Waals surface area contributed by atoms with Gasteiger partial charge >= 0.3 is 0 Å². The molecule has 0 saturated heterocycles. The zero-order valence-electron chi connectivity index (χ0n) is 17.6. The number of imide groups is 1. The molecule has 0 atom stereocenters. The molecule has 3 rings (SSSR count). The second-order valence-corrected chi connectivity index (χ2v) is 6.86. The summed E-state index contributed by atoms with van der Waals surface area (Å²) in [6.07, 6.45) is 5.53. The molecule has 0 radical (unpaired) electrons. The number of ether oxygens (including phenoxy) is 3. The fourth-order valence-corrected chi connectivity index (χ4v) is 3.31. The Balaban J connectivity index is 1.80. The van der Waals surface area contributed by atoms with Crippen molar-refractivity contribution in [3.63, 3.8) is 0 Å². The number of nitrogens with zero attached hydrogens (tertiary/aromatic N) is 1. The first-order valence-electron chi connectivity index (χ1n) is 9.59. The van der Waals surface area contributed by atoms with Crippen LogP contribution in [-0.4, -0.2) is 44.6 Å². The Morgan fingerprint density at radius 3 is 2.20 bits per heavy atom. The molecule has 0 saturated carbocycles. The van der Waals surface area contributed by atoms with Gasteiger partial charge in [0.1, 0.15) is 0 Å². The summed E-state index contributed by atoms with van der Waals surface area (Å²) in [5.41, 5.74) is 3.17. The Hall–Kier alpha value is -3.54. The number of hydrogen-bond donors (Lipinski definition) is 0. The minimum Gasteiger partial charge on any atom is -0.493 e. The van der Waals surface area contributed by atoms with E-state index in [9.17, 15) is 9.59 Å². The van der Waals surface area contributed by atoms with Crippen LogP contribution in [0.3, 0.4) is 0 Å². The first-order valence-corrected chi connectivity index (χ1v) is 9.59. The van der Waals surface area contributed by atoms with Crippen molar-refractivity contribution in [2.45, 2.75) is 13.3 Å². The molecule has 0 aliphatic carbocycles. The van der Waals surface area contributed by atoms with Gasteiger partial charge in [-0.3, -0.25) is 14.5 Å². The summed E-state index contributed by atoms with van der Waals surface area (Å²) >= 11 is 0. The van der Waals surface area contributed by atoms with Gasteiger partial charge in [0.25, 0.3) is 11.8 Å². The minimum atomic E-state index is -0.369. The van der Waals surface area contributed by atoms with Crippen molar-refractivity contribution in [1.29, 1.82) is 0 Å². The maximum absolute atomic E-state index is 12.9. The predicted octanol–water partition coefficient (Wildman–Crippen LogP) is 3.88. The topological polar surface area (TPSA) is 65.1 Å². The van der Waals surface area contributed by atoms with Crippen LogP contribution >= 0.6 is 0 Å². The summed E-state index contributed by atoms with van der Waals surface area (Å²) in [4.78, 5) is 26.9. The number of amides is 2. The third-order valence-electron chi connectivity index (χ3n) is 4.91. The van der Waals surface area contributed by atoms with Crippen LogP contribution in [0.15, 0.2) is 48.6 Å². The van der Waals surface area contributed by atoms with E-state index in [4.69, 9.17) is 14.2 Å². The van der Waals surface area contributed by atoms with Crippen molar-refractivity contribution in [3.8, 4) is 17.2 Å². The van der Waals surface area contributed by atoms with E-state index in [0.717, 1.165) is 11.1 Å². The lowest BCUT2D eigenvalue weighted by Gasteiger charge is -2.24. The number of carbonyl (C=O) groups is 2. The molecule has 1 aliphatic heterocycles. The molecule has 0 aromatic heterocycles. The average molecular weight is 407 g/mol. The summed E-state index contributed by atoms with van der Waals surface area (Å²) in [7, 11) is 4.59. The molecule has 6 nitrogen and oxygen atoms in total. The molecular formula is C24H25NO5. The van der Waals surface area contributed by atoms with Gasteiger partial charge in [-0.2, -0.15) is 0 Å². The summed E-state index contributed by atoms with van der Waals surface area (Å²) in [5, 5.41) is 0. The molecule has 6 heteroatoms. The number of aryl methyl sites for hydroxylation is 1. The number of rotatable bonds is 6. The zero-order valence-corrected chi connectivity index (χ0v) is 17.6. The average Bonchev–Trinajstić information content (AvgIpc) is 2.77. The summed E-state index contributed by atoms with van der Waals surface area (Å²) < 4.78 is 16.0. The quantitative estimate of drug-likeness (QED) is 0.680. The van der Waals surface area contributed by atoms with E-state index in [-0.39, 0.29) is 11.8 Å². The molecule has 30 heavy (non-hydrogen) atoms. The maximum atomic E-state index is 12.9. The number of carbonyl (C=O) groups excluding carboxylic acids is 2. The zero-order chi connectivity index (χ0) is 21.7. The molecule has 2 aromatic rings. The molecule has 0 bridgehead atoms. The normalized spacial score (nSPS) is 13.9. The van der Waals surface area contributed by atoms with E-state index < -0.39 is 0 Å². The highest BCUT2D eigenvalue weighted by molar-refractivity contribution is 6.25. The summed E-state index contributed by atoms with van der Waals surface area (Å²) in [6, 6.07) is 11.2. The fourth-order valence-electron chi connectivity index (χ4n) is 3.31. The van der Waals surface area contributed by atoms with Crippen LogP contribution in [0.5, 0.6) is 17.2 Å². The van der Waals surface area contributed by atoms with E-state index in [0.29, 0.717) is 41.4 Å². The molecule has 1 heterocycles. The van der Waals surface area contributed by atoms with Gasteiger partial charge in [0.05, 0.1) is 21.3 Å². The van der Waals surface area contributed by atoms with E-state index in [2.05, 4.69) is 0 Å². The van der Waals surface area contributed by atoms with Gasteiger partial charge in [0.2, 0.25) is 5.75 Å². The van der Waals surface area contributed by atoms with Crippen LogP contribution in [0.2, 0.25) is 0 Å². The molecule has 1 aliphatic rings. The lowest BCUT2D eigenvalue weighted by molar-refractivity contribution is -0.138. The van der Waals surface area contributed by atoms with Crippen LogP contribution in [0.1, 0.15) is 23.1 Å². The SMILES string of the molecule is COc1cc(/C=C/C(=O)N2CCC=C(c3ccc(C)cc3)C2=O)cc(OC)c1OC. The smallest absolute Gasteiger partial charge is 0.261 e. The minimum absolute atomic E-state index is 0.287. The van der Waals surface area contributed by atoms with Crippen LogP contribution in [0.4, 0.5) is 0 Å². The van der Waals surface area contributed by atoms with E-state index >= 15 is 0 Å². The molecule has 0 fully saturated rings. The first kappa shape index (κ1) is 21.2. The van der Waals surface area contributed by atoms with Gasteiger partial charge in [0, 0.05) is 18.2 Å². The Morgan fingerprint density at radius 2 is 1.63 bits per heavy atom. The third-order valence-corrected chi connectivity index (χ3v) is 4.91. The lowest BCUT2D eigenvalue weighted by atomic mass is 9.99. The van der Waals surface area contributed by atoms with Gasteiger partial charge in [0.15, 0.2) is 11.5 Å². The summed E-state index contributed by atoms with van der Waals surface area (Å²) in [5.74, 6) is 0.795. The largest absolute Gasteiger partial charge is 0.493 e. The molecular weight excluding hydrogens is 382 g/mol. The maximum Gasteiger partial charge on any atom is 0.261 e. The second kappa shape index (κ2) is 9.31.